The lowest BCUT2D eigenvalue weighted by molar-refractivity contribution is 0.410. The minimum atomic E-state index is -0.0633. The number of hydrogen-bond acceptors (Lipinski definition) is 5. The van der Waals surface area contributed by atoms with Crippen molar-refractivity contribution in [1.29, 1.82) is 0 Å². The quantitative estimate of drug-likeness (QED) is 0.186. The van der Waals surface area contributed by atoms with Crippen LogP contribution in [0.4, 0.5) is 34.1 Å². The third kappa shape index (κ3) is 5.44. The molecule has 8 rings (SSSR count). The summed E-state index contributed by atoms with van der Waals surface area (Å²) >= 11 is 1.92. The van der Waals surface area contributed by atoms with E-state index in [1.807, 2.05) is 27.0 Å². The SMILES string of the molecule is Bc1c(B)c(N2c3ccc(C(C)(C)C)cc3B3c4sc5ccc(C(C)(C)C)cc5c4N(c4ccc(C(C)(C)C)cc4)c4cc(C)cc2c43)c(B)c(O)c1O. The van der Waals surface area contributed by atoms with Crippen molar-refractivity contribution in [2.45, 2.75) is 85.5 Å². The Hall–Kier alpha value is -4.48. The maximum atomic E-state index is 11.4. The van der Waals surface area contributed by atoms with Gasteiger partial charge in [-0.3, -0.25) is 0 Å². The molecule has 2 aliphatic heterocycles. The summed E-state index contributed by atoms with van der Waals surface area (Å²) in [5.74, 6) is -0.112. The summed E-state index contributed by atoms with van der Waals surface area (Å²) in [6.45, 7) is 22.8. The van der Waals surface area contributed by atoms with Crippen LogP contribution in [0.25, 0.3) is 10.1 Å². The fourth-order valence-corrected chi connectivity index (χ4v) is 9.91. The van der Waals surface area contributed by atoms with Gasteiger partial charge in [-0.25, -0.2) is 0 Å². The molecule has 1 aromatic heterocycles. The maximum absolute atomic E-state index is 11.4. The number of rotatable bonds is 2. The van der Waals surface area contributed by atoms with E-state index in [0.29, 0.717) is 10.9 Å². The normalized spacial score (nSPS) is 14.0. The Balaban J connectivity index is 1.53. The average Bonchev–Trinajstić information content (AvgIpc) is 3.48. The minimum Gasteiger partial charge on any atom is -0.505 e. The number of fused-ring (bicyclic) bond motifs is 6. The van der Waals surface area contributed by atoms with Crippen molar-refractivity contribution >= 4 is 118 Å². The molecule has 0 saturated heterocycles. The Morgan fingerprint density at radius 1 is 0.574 bits per heavy atom. The summed E-state index contributed by atoms with van der Waals surface area (Å²) in [5.41, 5.74) is 16.6. The van der Waals surface area contributed by atoms with Crippen LogP contribution in [0.3, 0.4) is 0 Å². The molecule has 0 amide bonds. The average molecular weight is 726 g/mol. The van der Waals surface area contributed by atoms with Crippen LogP contribution < -0.4 is 41.9 Å². The van der Waals surface area contributed by atoms with E-state index in [9.17, 15) is 10.2 Å². The molecule has 54 heavy (non-hydrogen) atoms. The molecular weight excluding hydrogens is 676 g/mol. The zero-order chi connectivity index (χ0) is 39.0. The highest BCUT2D eigenvalue weighted by Crippen LogP contribution is 2.49. The van der Waals surface area contributed by atoms with Crippen molar-refractivity contribution in [3.8, 4) is 11.5 Å². The number of benzene rings is 5. The van der Waals surface area contributed by atoms with E-state index in [4.69, 9.17) is 0 Å². The Labute approximate surface area is 328 Å². The Bertz CT molecular complexity index is 2510. The van der Waals surface area contributed by atoms with Gasteiger partial charge in [-0.15, -0.1) is 11.3 Å². The van der Waals surface area contributed by atoms with Crippen molar-refractivity contribution in [2.75, 3.05) is 9.80 Å². The van der Waals surface area contributed by atoms with Gasteiger partial charge in [0.05, 0.1) is 5.69 Å². The number of aromatic hydroxyl groups is 2. The number of phenolic OH excluding ortho intramolecular Hbond substituents is 2. The molecule has 0 bridgehead atoms. The summed E-state index contributed by atoms with van der Waals surface area (Å²) in [7, 11) is 5.89. The highest BCUT2D eigenvalue weighted by atomic mass is 32.1. The predicted octanol–water partition coefficient (Wildman–Crippen LogP) is 5.37. The fourth-order valence-electron chi connectivity index (χ4n) is 8.61. The van der Waals surface area contributed by atoms with Crippen LogP contribution >= 0.6 is 11.3 Å². The van der Waals surface area contributed by atoms with Crippen LogP contribution in [0.5, 0.6) is 11.5 Å². The third-order valence-corrected chi connectivity index (χ3v) is 13.2. The summed E-state index contributed by atoms with van der Waals surface area (Å²) in [4.78, 5) is 4.91. The molecule has 9 heteroatoms. The summed E-state index contributed by atoms with van der Waals surface area (Å²) in [6, 6.07) is 28.0. The summed E-state index contributed by atoms with van der Waals surface area (Å²) < 4.78 is 2.64. The van der Waals surface area contributed by atoms with E-state index in [1.165, 1.54) is 53.9 Å². The lowest BCUT2D eigenvalue weighted by Gasteiger charge is -2.44. The monoisotopic (exact) mass is 726 g/mol. The second-order valence-electron chi connectivity index (χ2n) is 18.8. The van der Waals surface area contributed by atoms with Crippen LogP contribution in [0, 0.1) is 6.92 Å². The van der Waals surface area contributed by atoms with Gasteiger partial charge in [0, 0.05) is 43.3 Å². The zero-order valence-electron chi connectivity index (χ0n) is 34.2. The number of hydrogen-bond donors (Lipinski definition) is 2. The molecule has 0 fully saturated rings. The second-order valence-corrected chi connectivity index (χ2v) is 19.9. The van der Waals surface area contributed by atoms with Crippen molar-refractivity contribution in [1.82, 2.24) is 0 Å². The topological polar surface area (TPSA) is 46.9 Å². The molecular formula is C45H50B4N2O2S. The largest absolute Gasteiger partial charge is 0.505 e. The van der Waals surface area contributed by atoms with E-state index in [0.717, 1.165) is 33.8 Å². The van der Waals surface area contributed by atoms with E-state index >= 15 is 0 Å². The lowest BCUT2D eigenvalue weighted by atomic mass is 9.36. The van der Waals surface area contributed by atoms with Gasteiger partial charge < -0.3 is 20.0 Å². The van der Waals surface area contributed by atoms with Crippen LogP contribution in [-0.4, -0.2) is 40.5 Å². The molecule has 0 aliphatic carbocycles. The molecule has 6 aromatic rings. The van der Waals surface area contributed by atoms with Crippen molar-refractivity contribution < 1.29 is 10.2 Å². The molecule has 270 valence electrons. The molecule has 2 aliphatic rings. The van der Waals surface area contributed by atoms with Crippen molar-refractivity contribution in [2.24, 2.45) is 0 Å². The Kier molecular flexibility index (Phi) is 8.12. The Morgan fingerprint density at radius 3 is 1.72 bits per heavy atom. The van der Waals surface area contributed by atoms with Gasteiger partial charge in [-0.1, -0.05) is 98.1 Å². The number of phenols is 2. The predicted molar refractivity (Wildman–Crippen MR) is 245 cm³/mol. The van der Waals surface area contributed by atoms with Crippen LogP contribution in [0.15, 0.2) is 72.8 Å². The lowest BCUT2D eigenvalue weighted by Crippen LogP contribution is -2.61. The first kappa shape index (κ1) is 36.5. The number of aryl methyl sites for hydroxylation is 1. The first-order valence-electron chi connectivity index (χ1n) is 19.3. The zero-order valence-corrected chi connectivity index (χ0v) is 35.0. The molecule has 2 N–H and O–H groups in total. The van der Waals surface area contributed by atoms with Gasteiger partial charge >= 0.3 is 0 Å². The summed E-state index contributed by atoms with van der Waals surface area (Å²) in [6.07, 6.45) is 0. The number of nitrogens with zero attached hydrogens (tertiary/aromatic N) is 2. The molecule has 0 radical (unpaired) electrons. The Morgan fingerprint density at radius 2 is 1.11 bits per heavy atom. The van der Waals surface area contributed by atoms with E-state index in [-0.39, 0.29) is 34.5 Å². The van der Waals surface area contributed by atoms with Gasteiger partial charge in [0.25, 0.3) is 6.71 Å². The van der Waals surface area contributed by atoms with Gasteiger partial charge in [-0.2, -0.15) is 0 Å². The highest BCUT2D eigenvalue weighted by Gasteiger charge is 2.46. The van der Waals surface area contributed by atoms with Gasteiger partial charge in [0.2, 0.25) is 0 Å². The first-order chi connectivity index (χ1) is 25.2. The molecule has 0 spiro atoms. The first-order valence-corrected chi connectivity index (χ1v) is 20.1. The highest BCUT2D eigenvalue weighted by molar-refractivity contribution is 7.33. The molecule has 4 nitrogen and oxygen atoms in total. The fraction of sp³-hybridized carbons (Fsp3) is 0.289. The molecule has 5 aromatic carbocycles. The van der Waals surface area contributed by atoms with E-state index in [1.54, 1.807) is 0 Å². The van der Waals surface area contributed by atoms with Crippen LogP contribution in [0.2, 0.25) is 0 Å². The number of anilines is 6. The van der Waals surface area contributed by atoms with Crippen LogP contribution in [0.1, 0.15) is 84.6 Å². The van der Waals surface area contributed by atoms with E-state index < -0.39 is 0 Å². The van der Waals surface area contributed by atoms with Crippen molar-refractivity contribution in [3.05, 3.63) is 95.1 Å². The van der Waals surface area contributed by atoms with Gasteiger partial charge in [0.1, 0.15) is 29.3 Å². The van der Waals surface area contributed by atoms with Gasteiger partial charge in [-0.05, 0) is 110 Å². The molecule has 3 heterocycles. The number of thiophene rings is 1. The molecule has 0 atom stereocenters. The molecule has 0 unspecified atom stereocenters. The van der Waals surface area contributed by atoms with E-state index in [2.05, 4.69) is 160 Å². The van der Waals surface area contributed by atoms with Gasteiger partial charge in [0.15, 0.2) is 5.75 Å². The standard InChI is InChI=1S/C45H50B4N2O2S/c1-23-19-31-37-32(20-23)51(39-34(46)35(47)40(52)41(53)36(39)48)30-17-13-26(45(8,9)10)22-29(30)49(37)42-38(28-21-25(44(5,6)7)14-18-33(28)54-42)50(31)27-15-11-24(12-16-27)43(2,3)4/h11-22,52-53H,46-48H2,1-10H3. The molecule has 0 saturated carbocycles. The smallest absolute Gasteiger partial charge is 0.264 e. The maximum Gasteiger partial charge on any atom is 0.264 e. The van der Waals surface area contributed by atoms with Crippen LogP contribution in [-0.2, 0) is 16.2 Å². The third-order valence-electron chi connectivity index (χ3n) is 12.0. The second kappa shape index (κ2) is 12.0. The minimum absolute atomic E-state index is 0.00159. The summed E-state index contributed by atoms with van der Waals surface area (Å²) in [5, 5.41) is 23.6. The van der Waals surface area contributed by atoms with Crippen molar-refractivity contribution in [3.63, 3.8) is 0 Å².